The number of unbranched alkanes of at least 4 members (excludes halogenated alkanes) is 2. The lowest BCUT2D eigenvalue weighted by molar-refractivity contribution is 0.192. The van der Waals surface area contributed by atoms with E-state index in [0.29, 0.717) is 0 Å². The summed E-state index contributed by atoms with van der Waals surface area (Å²) >= 11 is 0. The average Bonchev–Trinajstić information content (AvgIpc) is 2.23. The van der Waals surface area contributed by atoms with Gasteiger partial charge in [-0.1, -0.05) is 51.4 Å². The minimum absolute atomic E-state index is 0.176. The first-order valence-electron chi connectivity index (χ1n) is 6.28. The van der Waals surface area contributed by atoms with Crippen LogP contribution in [0.25, 0.3) is 0 Å². The highest BCUT2D eigenvalue weighted by Crippen LogP contribution is 2.36. The van der Waals surface area contributed by atoms with Gasteiger partial charge >= 0.3 is 7.82 Å². The van der Waals surface area contributed by atoms with Crippen LogP contribution in [0.1, 0.15) is 57.8 Å². The van der Waals surface area contributed by atoms with Crippen LogP contribution in [-0.4, -0.2) is 16.4 Å². The van der Waals surface area contributed by atoms with Gasteiger partial charge in [-0.2, -0.15) is 0 Å². The van der Waals surface area contributed by atoms with Crippen LogP contribution >= 0.6 is 7.82 Å². The molecular weight excluding hydrogens is 227 g/mol. The van der Waals surface area contributed by atoms with E-state index >= 15 is 0 Å². The summed E-state index contributed by atoms with van der Waals surface area (Å²) in [6.45, 7) is 0.176. The molecule has 0 spiro atoms. The second-order valence-electron chi connectivity index (χ2n) is 4.68. The van der Waals surface area contributed by atoms with Crippen molar-refractivity contribution in [3.05, 3.63) is 0 Å². The highest BCUT2D eigenvalue weighted by molar-refractivity contribution is 7.46. The summed E-state index contributed by atoms with van der Waals surface area (Å²) < 4.78 is 14.8. The molecule has 4 nitrogen and oxygen atoms in total. The van der Waals surface area contributed by atoms with Crippen LogP contribution in [0.5, 0.6) is 0 Å². The predicted molar refractivity (Wildman–Crippen MR) is 63.0 cm³/mol. The molecule has 0 amide bonds. The zero-order valence-electron chi connectivity index (χ0n) is 9.81. The van der Waals surface area contributed by atoms with Gasteiger partial charge in [-0.3, -0.25) is 4.52 Å². The number of phosphoric acid groups is 1. The molecule has 1 saturated carbocycles. The fourth-order valence-corrected chi connectivity index (χ4v) is 2.74. The van der Waals surface area contributed by atoms with Crippen molar-refractivity contribution in [2.75, 3.05) is 6.61 Å². The maximum atomic E-state index is 10.4. The number of hydrogen-bond donors (Lipinski definition) is 2. The van der Waals surface area contributed by atoms with Crippen LogP contribution in [0, 0.1) is 5.92 Å². The lowest BCUT2D eigenvalue weighted by Crippen LogP contribution is -2.05. The molecule has 0 saturated heterocycles. The lowest BCUT2D eigenvalue weighted by Gasteiger charge is -2.21. The van der Waals surface area contributed by atoms with Gasteiger partial charge in [0.15, 0.2) is 0 Å². The maximum absolute atomic E-state index is 10.4. The van der Waals surface area contributed by atoms with Gasteiger partial charge < -0.3 is 9.79 Å². The molecule has 96 valence electrons. The topological polar surface area (TPSA) is 66.8 Å². The van der Waals surface area contributed by atoms with E-state index in [2.05, 4.69) is 4.52 Å². The van der Waals surface area contributed by atoms with E-state index in [0.717, 1.165) is 25.2 Å². The third-order valence-corrected chi connectivity index (χ3v) is 3.76. The van der Waals surface area contributed by atoms with Gasteiger partial charge in [-0.15, -0.1) is 0 Å². The Hall–Kier alpha value is 0.110. The van der Waals surface area contributed by atoms with Crippen molar-refractivity contribution in [2.45, 2.75) is 57.8 Å². The smallest absolute Gasteiger partial charge is 0.303 e. The summed E-state index contributed by atoms with van der Waals surface area (Å²) in [6, 6.07) is 0. The third-order valence-electron chi connectivity index (χ3n) is 3.24. The van der Waals surface area contributed by atoms with Crippen LogP contribution in [-0.2, 0) is 9.09 Å². The summed E-state index contributed by atoms with van der Waals surface area (Å²) in [7, 11) is -4.24. The molecule has 16 heavy (non-hydrogen) atoms. The van der Waals surface area contributed by atoms with E-state index in [-0.39, 0.29) is 6.61 Å². The van der Waals surface area contributed by atoms with Crippen LogP contribution in [0.4, 0.5) is 0 Å². The zero-order chi connectivity index (χ0) is 11.9. The molecular formula is C11H23O4P. The molecule has 0 radical (unpaired) electrons. The molecule has 0 aromatic rings. The number of phosphoric ester groups is 1. The van der Waals surface area contributed by atoms with Crippen LogP contribution in [0.3, 0.4) is 0 Å². The SMILES string of the molecule is O=P(O)(O)OCCCCCC1CCCCC1. The minimum Gasteiger partial charge on any atom is -0.303 e. The van der Waals surface area contributed by atoms with Crippen LogP contribution < -0.4 is 0 Å². The van der Waals surface area contributed by atoms with Crippen molar-refractivity contribution in [1.29, 1.82) is 0 Å². The van der Waals surface area contributed by atoms with Crippen molar-refractivity contribution < 1.29 is 18.9 Å². The van der Waals surface area contributed by atoms with Crippen molar-refractivity contribution in [2.24, 2.45) is 5.92 Å². The maximum Gasteiger partial charge on any atom is 0.469 e. The number of rotatable bonds is 7. The van der Waals surface area contributed by atoms with Gasteiger partial charge in [0.1, 0.15) is 0 Å². The fraction of sp³-hybridized carbons (Fsp3) is 1.00. The van der Waals surface area contributed by atoms with E-state index in [9.17, 15) is 4.57 Å². The lowest BCUT2D eigenvalue weighted by atomic mass is 9.86. The minimum atomic E-state index is -4.24. The van der Waals surface area contributed by atoms with Gasteiger partial charge in [-0.05, 0) is 12.3 Å². The first kappa shape index (κ1) is 14.2. The van der Waals surface area contributed by atoms with Crippen molar-refractivity contribution in [3.8, 4) is 0 Å². The highest BCUT2D eigenvalue weighted by Gasteiger charge is 2.14. The van der Waals surface area contributed by atoms with Crippen molar-refractivity contribution in [1.82, 2.24) is 0 Å². The van der Waals surface area contributed by atoms with Crippen molar-refractivity contribution in [3.63, 3.8) is 0 Å². The van der Waals surface area contributed by atoms with Gasteiger partial charge in [0.25, 0.3) is 0 Å². The first-order valence-corrected chi connectivity index (χ1v) is 7.81. The summed E-state index contributed by atoms with van der Waals surface area (Å²) in [6.07, 6.45) is 11.1. The molecule has 1 aliphatic rings. The molecule has 1 rings (SSSR count). The molecule has 0 aromatic heterocycles. The van der Waals surface area contributed by atoms with E-state index in [1.54, 1.807) is 0 Å². The second kappa shape index (κ2) is 7.44. The predicted octanol–water partition coefficient (Wildman–Crippen LogP) is 3.24. The van der Waals surface area contributed by atoms with E-state index in [1.165, 1.54) is 38.5 Å². The number of hydrogen-bond acceptors (Lipinski definition) is 2. The fourth-order valence-electron chi connectivity index (χ4n) is 2.37. The molecule has 0 atom stereocenters. The Morgan fingerprint density at radius 3 is 2.38 bits per heavy atom. The summed E-state index contributed by atoms with van der Waals surface area (Å²) in [5.74, 6) is 0.899. The third kappa shape index (κ3) is 7.39. The Bertz CT molecular complexity index is 220. The Labute approximate surface area is 97.6 Å². The Balaban J connectivity index is 1.89. The van der Waals surface area contributed by atoms with Gasteiger partial charge in [0.2, 0.25) is 0 Å². The average molecular weight is 250 g/mol. The molecule has 1 fully saturated rings. The largest absolute Gasteiger partial charge is 0.469 e. The van der Waals surface area contributed by atoms with E-state index in [4.69, 9.17) is 9.79 Å². The molecule has 0 aliphatic heterocycles. The van der Waals surface area contributed by atoms with Crippen LogP contribution in [0.2, 0.25) is 0 Å². The molecule has 0 bridgehead atoms. The van der Waals surface area contributed by atoms with Gasteiger partial charge in [-0.25, -0.2) is 4.57 Å². The second-order valence-corrected chi connectivity index (χ2v) is 5.92. The molecule has 1 aliphatic carbocycles. The Kier molecular flexibility index (Phi) is 6.59. The summed E-state index contributed by atoms with van der Waals surface area (Å²) in [4.78, 5) is 16.9. The Morgan fingerprint density at radius 1 is 1.06 bits per heavy atom. The quantitative estimate of drug-likeness (QED) is 0.537. The van der Waals surface area contributed by atoms with E-state index < -0.39 is 7.82 Å². The molecule has 2 N–H and O–H groups in total. The standard InChI is InChI=1S/C11H23O4P/c12-16(13,14)15-10-6-2-5-9-11-7-3-1-4-8-11/h11H,1-10H2,(H2,12,13,14). The molecule has 0 unspecified atom stereocenters. The normalized spacial score (nSPS) is 18.9. The van der Waals surface area contributed by atoms with Gasteiger partial charge in [0, 0.05) is 0 Å². The highest BCUT2D eigenvalue weighted by atomic mass is 31.2. The molecule has 0 aromatic carbocycles. The molecule has 5 heteroatoms. The van der Waals surface area contributed by atoms with Gasteiger partial charge in [0.05, 0.1) is 6.61 Å². The zero-order valence-corrected chi connectivity index (χ0v) is 10.7. The van der Waals surface area contributed by atoms with Crippen molar-refractivity contribution >= 4 is 7.82 Å². The molecule has 0 heterocycles. The first-order chi connectivity index (χ1) is 7.58. The summed E-state index contributed by atoms with van der Waals surface area (Å²) in [5.41, 5.74) is 0. The summed E-state index contributed by atoms with van der Waals surface area (Å²) in [5, 5.41) is 0. The van der Waals surface area contributed by atoms with E-state index in [1.807, 2.05) is 0 Å². The monoisotopic (exact) mass is 250 g/mol. The Morgan fingerprint density at radius 2 is 1.75 bits per heavy atom. The van der Waals surface area contributed by atoms with Crippen LogP contribution in [0.15, 0.2) is 0 Å².